The second kappa shape index (κ2) is 6.19. The molecule has 1 saturated carbocycles. The maximum absolute atomic E-state index is 13.7. The second-order valence-electron chi connectivity index (χ2n) is 4.90. The van der Waals surface area contributed by atoms with Gasteiger partial charge in [0.2, 0.25) is 0 Å². The highest BCUT2D eigenvalue weighted by molar-refractivity contribution is 9.09. The van der Waals surface area contributed by atoms with E-state index in [4.69, 9.17) is 11.6 Å². The first-order valence-corrected chi connectivity index (χ1v) is 7.70. The Morgan fingerprint density at radius 2 is 2.06 bits per heavy atom. The van der Waals surface area contributed by atoms with E-state index in [1.165, 1.54) is 31.7 Å². The predicted molar refractivity (Wildman–Crippen MR) is 74.4 cm³/mol. The first kappa shape index (κ1) is 13.4. The number of halogens is 3. The summed E-state index contributed by atoms with van der Waals surface area (Å²) in [5, 5.41) is 1.43. The Kier molecular flexibility index (Phi) is 4.87. The maximum Gasteiger partial charge on any atom is 0.127 e. The lowest BCUT2D eigenvalue weighted by atomic mass is 9.87. The van der Waals surface area contributed by atoms with Gasteiger partial charge in [0.1, 0.15) is 5.82 Å². The zero-order valence-corrected chi connectivity index (χ0v) is 12.1. The molecule has 1 unspecified atom stereocenters. The normalized spacial score (nSPS) is 18.5. The van der Waals surface area contributed by atoms with Gasteiger partial charge in [0.05, 0.1) is 0 Å². The van der Waals surface area contributed by atoms with Crippen LogP contribution in [0.3, 0.4) is 0 Å². The van der Waals surface area contributed by atoms with Gasteiger partial charge in [-0.1, -0.05) is 59.3 Å². The molecule has 0 N–H and O–H groups in total. The second-order valence-corrected chi connectivity index (χ2v) is 5.98. The molecule has 1 aliphatic carbocycles. The highest BCUT2D eigenvalue weighted by Crippen LogP contribution is 2.34. The fraction of sp³-hybridized carbons (Fsp3) is 0.571. The molecular weight excluding hydrogens is 303 g/mol. The zero-order valence-electron chi connectivity index (χ0n) is 9.76. The lowest BCUT2D eigenvalue weighted by Gasteiger charge is -2.21. The van der Waals surface area contributed by atoms with E-state index in [2.05, 4.69) is 15.9 Å². The van der Waals surface area contributed by atoms with Crippen LogP contribution < -0.4 is 0 Å². The van der Waals surface area contributed by atoms with E-state index in [1.54, 1.807) is 6.07 Å². The third-order valence-electron chi connectivity index (χ3n) is 3.76. The summed E-state index contributed by atoms with van der Waals surface area (Å²) in [5.41, 5.74) is 0.797. The van der Waals surface area contributed by atoms with Crippen molar-refractivity contribution in [1.29, 1.82) is 0 Å². The molecule has 0 saturated heterocycles. The minimum atomic E-state index is -0.165. The highest BCUT2D eigenvalue weighted by atomic mass is 79.9. The average molecular weight is 320 g/mol. The molecule has 3 heteroatoms. The van der Waals surface area contributed by atoms with Crippen molar-refractivity contribution in [2.24, 2.45) is 11.8 Å². The van der Waals surface area contributed by atoms with E-state index in [-0.39, 0.29) is 5.82 Å². The van der Waals surface area contributed by atoms with Crippen molar-refractivity contribution in [1.82, 2.24) is 0 Å². The van der Waals surface area contributed by atoms with Gasteiger partial charge in [0, 0.05) is 10.4 Å². The molecule has 1 aliphatic rings. The van der Waals surface area contributed by atoms with Crippen LogP contribution in [0, 0.1) is 17.7 Å². The molecule has 2 rings (SSSR count). The van der Waals surface area contributed by atoms with E-state index in [1.807, 2.05) is 6.07 Å². The molecule has 1 aromatic rings. The van der Waals surface area contributed by atoms with Gasteiger partial charge in [-0.2, -0.15) is 0 Å². The number of benzene rings is 1. The van der Waals surface area contributed by atoms with Crippen molar-refractivity contribution in [3.05, 3.63) is 34.6 Å². The van der Waals surface area contributed by atoms with Crippen molar-refractivity contribution in [2.75, 3.05) is 5.33 Å². The molecular formula is C14H17BrClF. The van der Waals surface area contributed by atoms with E-state index in [0.717, 1.165) is 23.2 Å². The molecule has 1 atom stereocenters. The number of hydrogen-bond donors (Lipinski definition) is 0. The Labute approximate surface area is 116 Å². The van der Waals surface area contributed by atoms with Gasteiger partial charge in [-0.15, -0.1) is 0 Å². The van der Waals surface area contributed by atoms with Crippen LogP contribution in [-0.2, 0) is 6.42 Å². The van der Waals surface area contributed by atoms with Gasteiger partial charge >= 0.3 is 0 Å². The summed E-state index contributed by atoms with van der Waals surface area (Å²) in [7, 11) is 0. The molecule has 0 spiro atoms. The van der Waals surface area contributed by atoms with Crippen LogP contribution >= 0.6 is 27.5 Å². The molecule has 0 bridgehead atoms. The van der Waals surface area contributed by atoms with Gasteiger partial charge in [-0.25, -0.2) is 4.39 Å². The third kappa shape index (κ3) is 3.45. The summed E-state index contributed by atoms with van der Waals surface area (Å²) < 4.78 is 13.7. The van der Waals surface area contributed by atoms with Crippen LogP contribution in [0.2, 0.25) is 5.02 Å². The minimum Gasteiger partial charge on any atom is -0.207 e. The monoisotopic (exact) mass is 318 g/mol. The van der Waals surface area contributed by atoms with Gasteiger partial charge in [-0.3, -0.25) is 0 Å². The molecule has 0 nitrogen and oxygen atoms in total. The quantitative estimate of drug-likeness (QED) is 0.667. The Bertz CT molecular complexity index is 374. The third-order valence-corrected chi connectivity index (χ3v) is 4.83. The lowest BCUT2D eigenvalue weighted by molar-refractivity contribution is 0.369. The maximum atomic E-state index is 13.7. The molecule has 0 aromatic heterocycles. The van der Waals surface area contributed by atoms with Crippen molar-refractivity contribution < 1.29 is 4.39 Å². The largest absolute Gasteiger partial charge is 0.207 e. The number of alkyl halides is 1. The number of hydrogen-bond acceptors (Lipinski definition) is 0. The van der Waals surface area contributed by atoms with E-state index < -0.39 is 0 Å². The Morgan fingerprint density at radius 3 is 2.65 bits per heavy atom. The topological polar surface area (TPSA) is 0 Å². The first-order valence-electron chi connectivity index (χ1n) is 6.20. The molecule has 1 fully saturated rings. The predicted octanol–water partition coefficient (Wildman–Crippen LogP) is 5.22. The fourth-order valence-corrected chi connectivity index (χ4v) is 3.66. The zero-order chi connectivity index (χ0) is 12.3. The lowest BCUT2D eigenvalue weighted by Crippen LogP contribution is -2.16. The van der Waals surface area contributed by atoms with Crippen LogP contribution in [0.25, 0.3) is 0 Å². The van der Waals surface area contributed by atoms with Gasteiger partial charge in [0.25, 0.3) is 0 Å². The number of rotatable bonds is 4. The van der Waals surface area contributed by atoms with Crippen molar-refractivity contribution in [3.8, 4) is 0 Å². The van der Waals surface area contributed by atoms with Crippen molar-refractivity contribution in [2.45, 2.75) is 32.1 Å². The summed E-state index contributed by atoms with van der Waals surface area (Å²) in [6, 6.07) is 5.01. The summed E-state index contributed by atoms with van der Waals surface area (Å²) in [4.78, 5) is 0. The van der Waals surface area contributed by atoms with Gasteiger partial charge in [0.15, 0.2) is 0 Å². The van der Waals surface area contributed by atoms with Gasteiger partial charge < -0.3 is 0 Å². The standard InChI is InChI=1S/C14H17BrClF/c15-9-12(10-3-1-2-4-10)7-11-5-6-13(16)8-14(11)17/h5-6,8,10,12H,1-4,7,9H2. The summed E-state index contributed by atoms with van der Waals surface area (Å²) in [6.07, 6.45) is 6.07. The SMILES string of the molecule is Fc1cc(Cl)ccc1CC(CBr)C1CCCC1. The molecule has 0 heterocycles. The highest BCUT2D eigenvalue weighted by Gasteiger charge is 2.25. The van der Waals surface area contributed by atoms with Crippen molar-refractivity contribution in [3.63, 3.8) is 0 Å². The Balaban J connectivity index is 2.06. The Morgan fingerprint density at radius 1 is 1.35 bits per heavy atom. The Hall–Kier alpha value is -0.0800. The van der Waals surface area contributed by atoms with Crippen LogP contribution in [0.15, 0.2) is 18.2 Å². The molecule has 17 heavy (non-hydrogen) atoms. The average Bonchev–Trinajstić information content (AvgIpc) is 2.81. The van der Waals surface area contributed by atoms with Crippen LogP contribution in [0.4, 0.5) is 4.39 Å². The van der Waals surface area contributed by atoms with Crippen molar-refractivity contribution >= 4 is 27.5 Å². The molecule has 1 aromatic carbocycles. The minimum absolute atomic E-state index is 0.165. The molecule has 0 amide bonds. The van der Waals surface area contributed by atoms with Crippen LogP contribution in [0.5, 0.6) is 0 Å². The van der Waals surface area contributed by atoms with E-state index in [9.17, 15) is 4.39 Å². The van der Waals surface area contributed by atoms with E-state index in [0.29, 0.717) is 10.9 Å². The summed E-state index contributed by atoms with van der Waals surface area (Å²) in [5.74, 6) is 1.14. The smallest absolute Gasteiger partial charge is 0.127 e. The molecule has 94 valence electrons. The molecule has 0 aliphatic heterocycles. The van der Waals surface area contributed by atoms with Crippen LogP contribution in [-0.4, -0.2) is 5.33 Å². The van der Waals surface area contributed by atoms with Crippen LogP contribution in [0.1, 0.15) is 31.2 Å². The fourth-order valence-electron chi connectivity index (χ4n) is 2.75. The first-order chi connectivity index (χ1) is 8.20. The van der Waals surface area contributed by atoms with Gasteiger partial charge in [-0.05, 0) is 36.0 Å². The molecule has 0 radical (unpaired) electrons. The van der Waals surface area contributed by atoms with E-state index >= 15 is 0 Å². The summed E-state index contributed by atoms with van der Waals surface area (Å²) >= 11 is 9.34. The summed E-state index contributed by atoms with van der Waals surface area (Å²) in [6.45, 7) is 0.